The van der Waals surface area contributed by atoms with E-state index in [1.54, 1.807) is 31.2 Å². The molecule has 0 bridgehead atoms. The second-order valence-corrected chi connectivity index (χ2v) is 10.2. The summed E-state index contributed by atoms with van der Waals surface area (Å²) >= 11 is 6.08. The van der Waals surface area contributed by atoms with E-state index in [1.807, 2.05) is 0 Å². The second-order valence-electron chi connectivity index (χ2n) is 9.74. The van der Waals surface area contributed by atoms with Crippen molar-refractivity contribution in [2.24, 2.45) is 0 Å². The minimum Gasteiger partial charge on any atom is -0.383 e. The molecule has 5 aromatic rings. The summed E-state index contributed by atoms with van der Waals surface area (Å²) in [5, 5.41) is 21.3. The van der Waals surface area contributed by atoms with Gasteiger partial charge in [-0.25, -0.2) is 9.97 Å². The van der Waals surface area contributed by atoms with Crippen LogP contribution in [-0.2, 0) is 16.8 Å². The largest absolute Gasteiger partial charge is 0.453 e. The van der Waals surface area contributed by atoms with Crippen LogP contribution in [0.25, 0.3) is 33.8 Å². The number of benzene rings is 2. The fourth-order valence-corrected chi connectivity index (χ4v) is 5.08. The van der Waals surface area contributed by atoms with Gasteiger partial charge in [-0.2, -0.15) is 32.3 Å². The third-order valence-corrected chi connectivity index (χ3v) is 7.38. The number of hydrogen-bond donors (Lipinski definition) is 3. The average Bonchev–Trinajstić information content (AvgIpc) is 3.65. The molecule has 1 aliphatic heterocycles. The van der Waals surface area contributed by atoms with Crippen molar-refractivity contribution in [2.75, 3.05) is 11.1 Å². The van der Waals surface area contributed by atoms with Gasteiger partial charge in [-0.3, -0.25) is 9.48 Å². The Balaban J connectivity index is 1.43. The van der Waals surface area contributed by atoms with Crippen molar-refractivity contribution >= 4 is 40.0 Å². The lowest BCUT2D eigenvalue weighted by atomic mass is 9.77. The number of H-pyrrole nitrogens is 1. The van der Waals surface area contributed by atoms with Gasteiger partial charge < -0.3 is 11.1 Å². The van der Waals surface area contributed by atoms with Gasteiger partial charge in [0.15, 0.2) is 5.82 Å². The van der Waals surface area contributed by atoms with Crippen LogP contribution in [0.1, 0.15) is 24.5 Å². The van der Waals surface area contributed by atoms with E-state index in [4.69, 9.17) is 17.3 Å². The molecular formula is C25H18ClF5N10O. The molecule has 216 valence electrons. The van der Waals surface area contributed by atoms with Crippen LogP contribution in [0.3, 0.4) is 0 Å². The van der Waals surface area contributed by atoms with E-state index in [-0.39, 0.29) is 39.3 Å². The van der Waals surface area contributed by atoms with Gasteiger partial charge in [-0.1, -0.05) is 29.8 Å². The van der Waals surface area contributed by atoms with E-state index >= 15 is 0 Å². The highest BCUT2D eigenvalue weighted by atomic mass is 35.5. The number of halogens is 6. The predicted octanol–water partition coefficient (Wildman–Crippen LogP) is 4.75. The van der Waals surface area contributed by atoms with Crippen molar-refractivity contribution in [3.8, 4) is 22.9 Å². The molecule has 0 saturated carbocycles. The number of aromatic nitrogens is 8. The smallest absolute Gasteiger partial charge is 0.383 e. The number of rotatable bonds is 6. The van der Waals surface area contributed by atoms with E-state index in [9.17, 15) is 26.7 Å². The number of nitrogens with zero attached hydrogens (tertiary/aromatic N) is 7. The number of tetrazole rings is 1. The summed E-state index contributed by atoms with van der Waals surface area (Å²) in [5.41, 5.74) is 6.73. The van der Waals surface area contributed by atoms with E-state index < -0.39 is 36.4 Å². The van der Waals surface area contributed by atoms with Gasteiger partial charge in [0.25, 0.3) is 0 Å². The Morgan fingerprint density at radius 2 is 1.86 bits per heavy atom. The molecule has 0 radical (unpaired) electrons. The summed E-state index contributed by atoms with van der Waals surface area (Å²) in [6.07, 6.45) is -7.27. The predicted molar refractivity (Wildman–Crippen MR) is 140 cm³/mol. The third-order valence-electron chi connectivity index (χ3n) is 7.14. The van der Waals surface area contributed by atoms with Crippen molar-refractivity contribution < 1.29 is 26.7 Å². The lowest BCUT2D eigenvalue weighted by Gasteiger charge is -2.23. The quantitative estimate of drug-likeness (QED) is 0.235. The summed E-state index contributed by atoms with van der Waals surface area (Å²) < 4.78 is 66.7. The van der Waals surface area contributed by atoms with Crippen LogP contribution in [0.4, 0.5) is 33.6 Å². The highest BCUT2D eigenvalue weighted by Crippen LogP contribution is 2.46. The summed E-state index contributed by atoms with van der Waals surface area (Å²) in [5.74, 6) is -5.12. The monoisotopic (exact) mass is 604 g/mol. The first kappa shape index (κ1) is 27.4. The van der Waals surface area contributed by atoms with Crippen molar-refractivity contribution in [3.05, 3.63) is 58.6 Å². The Morgan fingerprint density at radius 3 is 2.57 bits per heavy atom. The number of aryl methyl sites for hydroxylation is 1. The van der Waals surface area contributed by atoms with E-state index in [2.05, 4.69) is 41.0 Å². The molecule has 0 spiro atoms. The number of nitrogens with two attached hydrogens (primary N) is 1. The van der Waals surface area contributed by atoms with Crippen LogP contribution in [0, 0.1) is 0 Å². The maximum absolute atomic E-state index is 13.7. The minimum atomic E-state index is -5.72. The van der Waals surface area contributed by atoms with Crippen LogP contribution in [0.5, 0.6) is 0 Å². The summed E-state index contributed by atoms with van der Waals surface area (Å²) in [4.78, 5) is 22.2. The maximum Gasteiger partial charge on any atom is 0.453 e. The zero-order chi connectivity index (χ0) is 30.0. The summed E-state index contributed by atoms with van der Waals surface area (Å²) in [6.45, 7) is 0.866. The zero-order valence-electron chi connectivity index (χ0n) is 21.3. The number of anilines is 2. The van der Waals surface area contributed by atoms with E-state index in [0.29, 0.717) is 22.3 Å². The number of amides is 1. The number of alkyl halides is 5. The summed E-state index contributed by atoms with van der Waals surface area (Å²) in [6, 6.07) is 11.3. The topological polar surface area (TPSA) is 153 Å². The van der Waals surface area contributed by atoms with Crippen LogP contribution < -0.4 is 11.1 Å². The SMILES string of the molecule is CC1(c2cccc(-c3nn[nH]n3)c2)C(=O)Nc2nc(-c3nn(CCC(F)(F)C(F)(F)F)c4cc(Cl)ccc34)nc(N)c21. The fraction of sp³-hybridized carbons (Fsp3) is 0.240. The van der Waals surface area contributed by atoms with Crippen molar-refractivity contribution in [1.29, 1.82) is 0 Å². The van der Waals surface area contributed by atoms with Crippen molar-refractivity contribution in [2.45, 2.75) is 37.4 Å². The molecule has 0 saturated heterocycles. The molecule has 3 aromatic heterocycles. The molecule has 17 heteroatoms. The summed E-state index contributed by atoms with van der Waals surface area (Å²) in [7, 11) is 0. The molecule has 42 heavy (non-hydrogen) atoms. The molecule has 1 atom stereocenters. The Hall–Kier alpha value is -4.73. The van der Waals surface area contributed by atoms with Gasteiger partial charge in [-0.15, -0.1) is 10.2 Å². The first-order valence-corrected chi connectivity index (χ1v) is 12.6. The lowest BCUT2D eigenvalue weighted by molar-refractivity contribution is -0.285. The molecule has 0 fully saturated rings. The number of fused-ring (bicyclic) bond motifs is 2. The Labute approximate surface area is 237 Å². The van der Waals surface area contributed by atoms with Crippen LogP contribution in [0.2, 0.25) is 5.02 Å². The van der Waals surface area contributed by atoms with Gasteiger partial charge in [-0.05, 0) is 42.0 Å². The average molecular weight is 605 g/mol. The Bertz CT molecular complexity index is 1860. The standard InChI is InChI=1S/C25H18ClF5N10O/c1-23(12-4-2-3-11(9-12)19-36-39-40-37-19)16-18(32)33-21(34-20(16)35-22(23)42)17-14-6-5-13(26)10-15(14)41(38-17)8-7-24(27,28)25(29,30)31/h2-6,9-10H,7-8H2,1H3,(H,36,37,39,40)(H3,32,33,34,35,42). The number of hydrogen-bond acceptors (Lipinski definition) is 8. The van der Waals surface area contributed by atoms with Crippen molar-refractivity contribution in [3.63, 3.8) is 0 Å². The Kier molecular flexibility index (Phi) is 6.14. The lowest BCUT2D eigenvalue weighted by Crippen LogP contribution is -2.37. The molecule has 11 nitrogen and oxygen atoms in total. The number of nitrogen functional groups attached to an aromatic ring is 1. The number of carbonyl (C=O) groups is 1. The van der Waals surface area contributed by atoms with E-state index in [0.717, 1.165) is 4.68 Å². The minimum absolute atomic E-state index is 0.0495. The number of aromatic amines is 1. The normalized spacial score (nSPS) is 17.1. The molecule has 4 heterocycles. The highest BCUT2D eigenvalue weighted by Gasteiger charge is 2.56. The number of nitrogens with one attached hydrogen (secondary N) is 2. The van der Waals surface area contributed by atoms with Gasteiger partial charge >= 0.3 is 12.1 Å². The Morgan fingerprint density at radius 1 is 1.07 bits per heavy atom. The molecule has 1 amide bonds. The third kappa shape index (κ3) is 4.29. The molecule has 2 aromatic carbocycles. The fourth-order valence-electron chi connectivity index (χ4n) is 4.91. The molecule has 6 rings (SSSR count). The van der Waals surface area contributed by atoms with E-state index in [1.165, 1.54) is 18.2 Å². The van der Waals surface area contributed by atoms with Gasteiger partial charge in [0, 0.05) is 28.9 Å². The molecular weight excluding hydrogens is 587 g/mol. The molecule has 0 aliphatic carbocycles. The number of carbonyl (C=O) groups excluding carboxylic acids is 1. The molecule has 4 N–H and O–H groups in total. The van der Waals surface area contributed by atoms with Crippen LogP contribution >= 0.6 is 11.6 Å². The first-order chi connectivity index (χ1) is 19.8. The molecule has 1 aliphatic rings. The zero-order valence-corrected chi connectivity index (χ0v) is 22.1. The van der Waals surface area contributed by atoms with Crippen molar-refractivity contribution in [1.82, 2.24) is 40.4 Å². The van der Waals surface area contributed by atoms with Gasteiger partial charge in [0.05, 0.1) is 11.1 Å². The maximum atomic E-state index is 13.7. The van der Waals surface area contributed by atoms with Gasteiger partial charge in [0.2, 0.25) is 11.7 Å². The second kappa shape index (κ2) is 9.40. The molecule has 1 unspecified atom stereocenters. The highest BCUT2D eigenvalue weighted by molar-refractivity contribution is 6.31. The van der Waals surface area contributed by atoms with Crippen LogP contribution in [0.15, 0.2) is 42.5 Å². The van der Waals surface area contributed by atoms with Crippen LogP contribution in [-0.4, -0.2) is 58.4 Å². The van der Waals surface area contributed by atoms with Gasteiger partial charge in [0.1, 0.15) is 22.7 Å². The first-order valence-electron chi connectivity index (χ1n) is 12.2.